The Hall–Kier alpha value is -1.13. The van der Waals surface area contributed by atoms with E-state index >= 15 is 0 Å². The molecule has 0 N–H and O–H groups in total. The molecule has 0 aliphatic carbocycles. The first kappa shape index (κ1) is 6.98. The quantitative estimate of drug-likeness (QED) is 0.528. The van der Waals surface area contributed by atoms with Gasteiger partial charge < -0.3 is 9.47 Å². The summed E-state index contributed by atoms with van der Waals surface area (Å²) in [5.74, 6) is 0. The molecule has 1 aliphatic rings. The van der Waals surface area contributed by atoms with Crippen LogP contribution in [-0.4, -0.2) is 18.9 Å². The topological polar surface area (TPSA) is 35.5 Å². The second-order valence-corrected chi connectivity index (χ2v) is 1.67. The Kier molecular flexibility index (Phi) is 1.84. The maximum absolute atomic E-state index is 11.4. The standard InChI is InChI=1S/C5H4F2O3/c6-4(7)1-3-2-9-5(8)10-3/h1,3H,2H2. The number of cyclic esters (lactones) is 2. The Labute approximate surface area is 55.2 Å². The van der Waals surface area contributed by atoms with Crippen LogP contribution in [0.25, 0.3) is 0 Å². The number of hydrogen-bond donors (Lipinski definition) is 0. The van der Waals surface area contributed by atoms with Gasteiger partial charge in [-0.15, -0.1) is 0 Å². The van der Waals surface area contributed by atoms with E-state index in [-0.39, 0.29) is 6.61 Å². The van der Waals surface area contributed by atoms with Crippen molar-refractivity contribution in [2.75, 3.05) is 6.61 Å². The third-order valence-electron chi connectivity index (χ3n) is 0.925. The van der Waals surface area contributed by atoms with Crippen LogP contribution in [0.3, 0.4) is 0 Å². The Bertz CT molecular complexity index is 174. The zero-order valence-electron chi connectivity index (χ0n) is 4.84. The van der Waals surface area contributed by atoms with E-state index in [1.54, 1.807) is 0 Å². The lowest BCUT2D eigenvalue weighted by Crippen LogP contribution is -2.04. The fourth-order valence-corrected chi connectivity index (χ4v) is 0.564. The molecule has 1 atom stereocenters. The normalized spacial score (nSPS) is 23.4. The Morgan fingerprint density at radius 1 is 1.70 bits per heavy atom. The van der Waals surface area contributed by atoms with Crippen LogP contribution in [0, 0.1) is 0 Å². The van der Waals surface area contributed by atoms with Crippen LogP contribution in [0.5, 0.6) is 0 Å². The number of carbonyl (C=O) groups is 1. The van der Waals surface area contributed by atoms with Crippen LogP contribution >= 0.6 is 0 Å². The van der Waals surface area contributed by atoms with Crippen molar-refractivity contribution in [1.29, 1.82) is 0 Å². The van der Waals surface area contributed by atoms with Gasteiger partial charge in [0, 0.05) is 6.08 Å². The minimum Gasteiger partial charge on any atom is -0.430 e. The monoisotopic (exact) mass is 150 g/mol. The summed E-state index contributed by atoms with van der Waals surface area (Å²) in [5.41, 5.74) is 0. The van der Waals surface area contributed by atoms with Gasteiger partial charge in [0.25, 0.3) is 6.08 Å². The molecule has 56 valence electrons. The Balaban J connectivity index is 2.46. The molecular formula is C5H4F2O3. The van der Waals surface area contributed by atoms with E-state index in [0.29, 0.717) is 6.08 Å². The highest BCUT2D eigenvalue weighted by Crippen LogP contribution is 2.10. The highest BCUT2D eigenvalue weighted by atomic mass is 19.3. The minimum absolute atomic E-state index is 0.129. The number of hydrogen-bond acceptors (Lipinski definition) is 3. The molecule has 1 rings (SSSR count). The van der Waals surface area contributed by atoms with E-state index in [0.717, 1.165) is 0 Å². The van der Waals surface area contributed by atoms with E-state index in [1.807, 2.05) is 0 Å². The molecule has 1 unspecified atom stereocenters. The summed E-state index contributed by atoms with van der Waals surface area (Å²) in [4.78, 5) is 10.1. The third-order valence-corrected chi connectivity index (χ3v) is 0.925. The van der Waals surface area contributed by atoms with E-state index < -0.39 is 18.3 Å². The smallest absolute Gasteiger partial charge is 0.430 e. The molecule has 0 amide bonds. The van der Waals surface area contributed by atoms with Gasteiger partial charge >= 0.3 is 6.16 Å². The number of rotatable bonds is 1. The van der Waals surface area contributed by atoms with Gasteiger partial charge in [0.2, 0.25) is 0 Å². The first-order valence-electron chi connectivity index (χ1n) is 2.54. The van der Waals surface area contributed by atoms with Gasteiger partial charge in [0.1, 0.15) is 6.61 Å². The molecule has 1 aliphatic heterocycles. The van der Waals surface area contributed by atoms with E-state index in [9.17, 15) is 13.6 Å². The van der Waals surface area contributed by atoms with Crippen molar-refractivity contribution in [2.24, 2.45) is 0 Å². The van der Waals surface area contributed by atoms with Crippen molar-refractivity contribution < 1.29 is 23.0 Å². The second-order valence-electron chi connectivity index (χ2n) is 1.67. The minimum atomic E-state index is -1.87. The van der Waals surface area contributed by atoms with Crippen molar-refractivity contribution in [2.45, 2.75) is 6.10 Å². The SMILES string of the molecule is O=C1OCC(C=C(F)F)O1. The third kappa shape index (κ3) is 1.68. The van der Waals surface area contributed by atoms with Gasteiger partial charge in [0.15, 0.2) is 6.10 Å². The maximum atomic E-state index is 11.4. The highest BCUT2D eigenvalue weighted by Gasteiger charge is 2.23. The summed E-state index contributed by atoms with van der Waals surface area (Å²) >= 11 is 0. The van der Waals surface area contributed by atoms with Crippen LogP contribution in [-0.2, 0) is 9.47 Å². The lowest BCUT2D eigenvalue weighted by atomic mass is 10.4. The van der Waals surface area contributed by atoms with Crippen molar-refractivity contribution >= 4 is 6.16 Å². The van der Waals surface area contributed by atoms with Crippen LogP contribution in [0.15, 0.2) is 12.2 Å². The Morgan fingerprint density at radius 3 is 2.80 bits per heavy atom. The second kappa shape index (κ2) is 2.64. The number of ether oxygens (including phenoxy) is 2. The van der Waals surface area contributed by atoms with Gasteiger partial charge in [-0.2, -0.15) is 8.78 Å². The average molecular weight is 150 g/mol. The number of halogens is 2. The van der Waals surface area contributed by atoms with E-state index in [2.05, 4.69) is 9.47 Å². The van der Waals surface area contributed by atoms with Gasteiger partial charge in [0.05, 0.1) is 0 Å². The molecule has 0 aromatic rings. The fourth-order valence-electron chi connectivity index (χ4n) is 0.564. The summed E-state index contributed by atoms with van der Waals surface area (Å²) in [6.45, 7) is -0.129. The zero-order chi connectivity index (χ0) is 7.56. The van der Waals surface area contributed by atoms with E-state index in [1.165, 1.54) is 0 Å². The van der Waals surface area contributed by atoms with Crippen LogP contribution in [0.4, 0.5) is 13.6 Å². The van der Waals surface area contributed by atoms with Crippen LogP contribution < -0.4 is 0 Å². The largest absolute Gasteiger partial charge is 0.509 e. The van der Waals surface area contributed by atoms with Crippen molar-refractivity contribution in [3.63, 3.8) is 0 Å². The molecule has 1 fully saturated rings. The molecular weight excluding hydrogens is 146 g/mol. The molecule has 0 aromatic heterocycles. The molecule has 1 saturated heterocycles. The van der Waals surface area contributed by atoms with Gasteiger partial charge in [-0.25, -0.2) is 4.79 Å². The predicted octanol–water partition coefficient (Wildman–Crippen LogP) is 1.30. The van der Waals surface area contributed by atoms with Crippen molar-refractivity contribution in [3.8, 4) is 0 Å². The molecule has 0 saturated carbocycles. The maximum Gasteiger partial charge on any atom is 0.509 e. The summed E-state index contributed by atoms with van der Waals surface area (Å²) in [6.07, 6.45) is -3.16. The van der Waals surface area contributed by atoms with Crippen molar-refractivity contribution in [1.82, 2.24) is 0 Å². The Morgan fingerprint density at radius 2 is 2.40 bits per heavy atom. The molecule has 0 radical (unpaired) electrons. The molecule has 3 nitrogen and oxygen atoms in total. The fraction of sp³-hybridized carbons (Fsp3) is 0.400. The van der Waals surface area contributed by atoms with Crippen molar-refractivity contribution in [3.05, 3.63) is 12.2 Å². The van der Waals surface area contributed by atoms with Gasteiger partial charge in [-0.3, -0.25) is 0 Å². The number of carbonyl (C=O) groups excluding carboxylic acids is 1. The predicted molar refractivity (Wildman–Crippen MR) is 26.5 cm³/mol. The van der Waals surface area contributed by atoms with Crippen LogP contribution in [0.1, 0.15) is 0 Å². The summed E-state index contributed by atoms with van der Waals surface area (Å²) in [7, 11) is 0. The first-order valence-corrected chi connectivity index (χ1v) is 2.54. The molecule has 5 heteroatoms. The average Bonchev–Trinajstić information content (AvgIpc) is 2.13. The van der Waals surface area contributed by atoms with Crippen LogP contribution in [0.2, 0.25) is 0 Å². The molecule has 0 spiro atoms. The summed E-state index contributed by atoms with van der Waals surface area (Å²) in [6, 6.07) is 0. The highest BCUT2D eigenvalue weighted by molar-refractivity contribution is 5.62. The lowest BCUT2D eigenvalue weighted by Gasteiger charge is -1.94. The molecule has 1 heterocycles. The summed E-state index contributed by atoms with van der Waals surface area (Å²) < 4.78 is 31.3. The molecule has 0 aromatic carbocycles. The van der Waals surface area contributed by atoms with Gasteiger partial charge in [-0.1, -0.05) is 0 Å². The first-order chi connectivity index (χ1) is 4.68. The van der Waals surface area contributed by atoms with Gasteiger partial charge in [-0.05, 0) is 0 Å². The lowest BCUT2D eigenvalue weighted by molar-refractivity contribution is 0.124. The summed E-state index contributed by atoms with van der Waals surface area (Å²) in [5, 5.41) is 0. The van der Waals surface area contributed by atoms with E-state index in [4.69, 9.17) is 0 Å². The molecule has 10 heavy (non-hydrogen) atoms. The zero-order valence-corrected chi connectivity index (χ0v) is 4.84. The molecule has 0 bridgehead atoms.